The standard InChI is InChI=1S/C21H30N4O/c1-16(2)21-22-10-13-25(21)14-18-8-11-24(12-9-18)15-20(26)23-19-7-5-4-6-17(19)3/h4-7,10,13,16,18H,8-9,11-12,14-15H2,1-3H3,(H,23,26). The molecule has 0 radical (unpaired) electrons. The van der Waals surface area contributed by atoms with E-state index in [9.17, 15) is 4.79 Å². The minimum atomic E-state index is 0.0782. The fraction of sp³-hybridized carbons (Fsp3) is 0.524. The van der Waals surface area contributed by atoms with Crippen molar-refractivity contribution in [1.82, 2.24) is 14.5 Å². The van der Waals surface area contributed by atoms with Crippen molar-refractivity contribution in [3.05, 3.63) is 48.0 Å². The second kappa shape index (κ2) is 8.49. The summed E-state index contributed by atoms with van der Waals surface area (Å²) >= 11 is 0. The van der Waals surface area contributed by atoms with E-state index in [-0.39, 0.29) is 5.91 Å². The maximum Gasteiger partial charge on any atom is 0.238 e. The number of amides is 1. The van der Waals surface area contributed by atoms with Crippen LogP contribution < -0.4 is 5.32 Å². The van der Waals surface area contributed by atoms with E-state index in [1.54, 1.807) is 0 Å². The molecule has 1 saturated heterocycles. The Balaban J connectivity index is 1.46. The number of rotatable bonds is 6. The summed E-state index contributed by atoms with van der Waals surface area (Å²) in [5.41, 5.74) is 2.01. The number of aryl methyl sites for hydroxylation is 1. The lowest BCUT2D eigenvalue weighted by atomic mass is 9.96. The van der Waals surface area contributed by atoms with Crippen LogP contribution in [0.1, 0.15) is 44.0 Å². The highest BCUT2D eigenvalue weighted by molar-refractivity contribution is 5.92. The van der Waals surface area contributed by atoms with Crippen LogP contribution in [-0.2, 0) is 11.3 Å². The number of hydrogen-bond donors (Lipinski definition) is 1. The monoisotopic (exact) mass is 354 g/mol. The minimum Gasteiger partial charge on any atom is -0.334 e. The molecule has 5 nitrogen and oxygen atoms in total. The van der Waals surface area contributed by atoms with Gasteiger partial charge in [-0.05, 0) is 50.4 Å². The van der Waals surface area contributed by atoms with Crippen molar-refractivity contribution in [3.8, 4) is 0 Å². The first-order valence-electron chi connectivity index (χ1n) is 9.62. The summed E-state index contributed by atoms with van der Waals surface area (Å²) in [7, 11) is 0. The minimum absolute atomic E-state index is 0.0782. The van der Waals surface area contributed by atoms with E-state index in [0.717, 1.165) is 43.7 Å². The summed E-state index contributed by atoms with van der Waals surface area (Å²) in [4.78, 5) is 19.1. The summed E-state index contributed by atoms with van der Waals surface area (Å²) in [6.07, 6.45) is 6.26. The molecule has 5 heteroatoms. The number of hydrogen-bond acceptors (Lipinski definition) is 3. The molecule has 1 aromatic heterocycles. The molecule has 0 unspecified atom stereocenters. The Hall–Kier alpha value is -2.14. The lowest BCUT2D eigenvalue weighted by Crippen LogP contribution is -2.40. The second-order valence-electron chi connectivity index (χ2n) is 7.68. The Morgan fingerprint density at radius 2 is 2.00 bits per heavy atom. The molecule has 0 saturated carbocycles. The predicted molar refractivity (Wildman–Crippen MR) is 105 cm³/mol. The molecule has 3 rings (SSSR count). The molecule has 1 N–H and O–H groups in total. The van der Waals surface area contributed by atoms with Crippen molar-refractivity contribution < 1.29 is 4.79 Å². The van der Waals surface area contributed by atoms with Crippen LogP contribution in [0.2, 0.25) is 0 Å². The van der Waals surface area contributed by atoms with Gasteiger partial charge in [0.15, 0.2) is 0 Å². The number of nitrogens with zero attached hydrogens (tertiary/aromatic N) is 3. The Labute approximate surface area is 156 Å². The van der Waals surface area contributed by atoms with Gasteiger partial charge in [0.05, 0.1) is 6.54 Å². The molecule has 26 heavy (non-hydrogen) atoms. The largest absolute Gasteiger partial charge is 0.334 e. The topological polar surface area (TPSA) is 50.2 Å². The Bertz CT molecular complexity index is 729. The number of carbonyl (C=O) groups excluding carboxylic acids is 1. The molecule has 1 aliphatic heterocycles. The normalized spacial score (nSPS) is 16.2. The van der Waals surface area contributed by atoms with Gasteiger partial charge in [0.1, 0.15) is 5.82 Å². The van der Waals surface area contributed by atoms with E-state index in [1.165, 1.54) is 5.82 Å². The van der Waals surface area contributed by atoms with Gasteiger partial charge in [-0.15, -0.1) is 0 Å². The Morgan fingerprint density at radius 1 is 1.27 bits per heavy atom. The number of benzene rings is 1. The average molecular weight is 354 g/mol. The lowest BCUT2D eigenvalue weighted by Gasteiger charge is -2.32. The molecule has 1 amide bonds. The third-order valence-electron chi connectivity index (χ3n) is 5.21. The molecule has 2 aromatic rings. The van der Waals surface area contributed by atoms with Crippen LogP contribution in [0, 0.1) is 12.8 Å². The lowest BCUT2D eigenvalue weighted by molar-refractivity contribution is -0.117. The number of likely N-dealkylation sites (tertiary alicyclic amines) is 1. The van der Waals surface area contributed by atoms with E-state index >= 15 is 0 Å². The van der Waals surface area contributed by atoms with Gasteiger partial charge in [-0.1, -0.05) is 32.0 Å². The molecule has 0 spiro atoms. The third-order valence-corrected chi connectivity index (χ3v) is 5.21. The van der Waals surface area contributed by atoms with Gasteiger partial charge in [0.2, 0.25) is 5.91 Å². The first-order chi connectivity index (χ1) is 12.5. The molecular weight excluding hydrogens is 324 g/mol. The molecule has 140 valence electrons. The van der Waals surface area contributed by atoms with Crippen LogP contribution in [0.15, 0.2) is 36.7 Å². The van der Waals surface area contributed by atoms with Gasteiger partial charge in [-0.2, -0.15) is 0 Å². The number of para-hydroxylation sites is 1. The maximum atomic E-state index is 12.3. The fourth-order valence-electron chi connectivity index (χ4n) is 3.69. The van der Waals surface area contributed by atoms with E-state index in [4.69, 9.17) is 0 Å². The summed E-state index contributed by atoms with van der Waals surface area (Å²) < 4.78 is 2.30. The number of imidazole rings is 1. The molecule has 0 bridgehead atoms. The van der Waals surface area contributed by atoms with Crippen LogP contribution in [-0.4, -0.2) is 40.0 Å². The summed E-state index contributed by atoms with van der Waals surface area (Å²) in [5, 5.41) is 3.03. The van der Waals surface area contributed by atoms with Crippen LogP contribution in [0.5, 0.6) is 0 Å². The molecule has 1 aliphatic rings. The number of nitrogens with one attached hydrogen (secondary N) is 1. The first-order valence-corrected chi connectivity index (χ1v) is 9.62. The Kier molecular flexibility index (Phi) is 6.09. The Morgan fingerprint density at radius 3 is 2.69 bits per heavy atom. The summed E-state index contributed by atoms with van der Waals surface area (Å²) in [5.74, 6) is 2.37. The van der Waals surface area contributed by atoms with Crippen LogP contribution in [0.4, 0.5) is 5.69 Å². The second-order valence-corrected chi connectivity index (χ2v) is 7.68. The summed E-state index contributed by atoms with van der Waals surface area (Å²) in [6.45, 7) is 9.88. The third kappa shape index (κ3) is 4.73. The van der Waals surface area contributed by atoms with Crippen molar-refractivity contribution in [1.29, 1.82) is 0 Å². The van der Waals surface area contributed by atoms with Gasteiger partial charge >= 0.3 is 0 Å². The molecule has 2 heterocycles. The number of anilines is 1. The number of aromatic nitrogens is 2. The number of piperidine rings is 1. The smallest absolute Gasteiger partial charge is 0.238 e. The zero-order chi connectivity index (χ0) is 18.5. The molecule has 0 atom stereocenters. The van der Waals surface area contributed by atoms with E-state index < -0.39 is 0 Å². The van der Waals surface area contributed by atoms with Gasteiger partial charge in [0.25, 0.3) is 0 Å². The van der Waals surface area contributed by atoms with Crippen molar-refractivity contribution in [3.63, 3.8) is 0 Å². The maximum absolute atomic E-state index is 12.3. The van der Waals surface area contributed by atoms with Crippen molar-refractivity contribution in [2.75, 3.05) is 25.0 Å². The molecule has 1 aromatic carbocycles. The highest BCUT2D eigenvalue weighted by Gasteiger charge is 2.22. The first kappa shape index (κ1) is 18.6. The summed E-state index contributed by atoms with van der Waals surface area (Å²) in [6, 6.07) is 7.91. The SMILES string of the molecule is Cc1ccccc1NC(=O)CN1CCC(Cn2ccnc2C(C)C)CC1. The van der Waals surface area contributed by atoms with E-state index in [0.29, 0.717) is 18.4 Å². The number of carbonyl (C=O) groups is 1. The van der Waals surface area contributed by atoms with E-state index in [2.05, 4.69) is 39.8 Å². The molecule has 1 fully saturated rings. The highest BCUT2D eigenvalue weighted by Crippen LogP contribution is 2.22. The zero-order valence-electron chi connectivity index (χ0n) is 16.1. The molecular formula is C21H30N4O. The van der Waals surface area contributed by atoms with Crippen molar-refractivity contribution in [2.45, 2.75) is 46.1 Å². The average Bonchev–Trinajstić information content (AvgIpc) is 3.07. The predicted octanol–water partition coefficient (Wildman–Crippen LogP) is 3.67. The van der Waals surface area contributed by atoms with Gasteiger partial charge in [-0.25, -0.2) is 4.98 Å². The quantitative estimate of drug-likeness (QED) is 0.861. The van der Waals surface area contributed by atoms with Gasteiger partial charge < -0.3 is 9.88 Å². The van der Waals surface area contributed by atoms with Gasteiger partial charge in [-0.3, -0.25) is 9.69 Å². The fourth-order valence-corrected chi connectivity index (χ4v) is 3.69. The van der Waals surface area contributed by atoms with Crippen LogP contribution in [0.25, 0.3) is 0 Å². The van der Waals surface area contributed by atoms with Gasteiger partial charge in [0, 0.05) is 30.5 Å². The highest BCUT2D eigenvalue weighted by atomic mass is 16.2. The van der Waals surface area contributed by atoms with Crippen LogP contribution >= 0.6 is 0 Å². The zero-order valence-corrected chi connectivity index (χ0v) is 16.1. The van der Waals surface area contributed by atoms with Crippen molar-refractivity contribution >= 4 is 11.6 Å². The van der Waals surface area contributed by atoms with Crippen molar-refractivity contribution in [2.24, 2.45) is 5.92 Å². The van der Waals surface area contributed by atoms with E-state index in [1.807, 2.05) is 37.4 Å². The molecule has 0 aliphatic carbocycles. The van der Waals surface area contributed by atoms with Crippen LogP contribution in [0.3, 0.4) is 0 Å².